The minimum Gasteiger partial charge on any atom is -0.378 e. The minimum atomic E-state index is 0.468. The van der Waals surface area contributed by atoms with E-state index in [-0.39, 0.29) is 0 Å². The smallest absolute Gasteiger partial charge is 0.225 e. The Morgan fingerprint density at radius 2 is 2.16 bits per heavy atom. The van der Waals surface area contributed by atoms with Crippen LogP contribution in [0.1, 0.15) is 18.5 Å². The molecular formula is C14H22N4O. The van der Waals surface area contributed by atoms with Crippen molar-refractivity contribution in [1.29, 1.82) is 0 Å². The molecule has 1 aromatic rings. The van der Waals surface area contributed by atoms with Crippen molar-refractivity contribution in [2.24, 2.45) is 5.41 Å². The molecule has 0 N–H and O–H groups in total. The van der Waals surface area contributed by atoms with Crippen LogP contribution in [0, 0.1) is 5.41 Å². The van der Waals surface area contributed by atoms with Crippen molar-refractivity contribution in [1.82, 2.24) is 14.9 Å². The van der Waals surface area contributed by atoms with Crippen molar-refractivity contribution < 1.29 is 4.74 Å². The van der Waals surface area contributed by atoms with Crippen LogP contribution in [0.2, 0.25) is 0 Å². The quantitative estimate of drug-likeness (QED) is 0.817. The zero-order chi connectivity index (χ0) is 13.3. The Hall–Kier alpha value is -1.20. The van der Waals surface area contributed by atoms with E-state index in [0.717, 1.165) is 24.7 Å². The first-order chi connectivity index (χ1) is 9.21. The number of methoxy groups -OCH3 is 1. The fourth-order valence-electron chi connectivity index (χ4n) is 3.36. The van der Waals surface area contributed by atoms with Gasteiger partial charge >= 0.3 is 0 Å². The van der Waals surface area contributed by atoms with Crippen LogP contribution in [0.5, 0.6) is 0 Å². The maximum atomic E-state index is 5.14. The largest absolute Gasteiger partial charge is 0.378 e. The maximum absolute atomic E-state index is 5.14. The van der Waals surface area contributed by atoms with Crippen molar-refractivity contribution >= 4 is 5.95 Å². The molecule has 0 aromatic carbocycles. The standard InChI is InChI=1S/C14H22N4O/c1-17-7-4-14(10-17)5-8-18(11-14)13-15-6-3-12(16-13)9-19-2/h3,6H,4-5,7-11H2,1-2H3. The molecule has 104 valence electrons. The van der Waals surface area contributed by atoms with E-state index in [1.165, 1.54) is 25.9 Å². The molecule has 1 spiro atoms. The monoisotopic (exact) mass is 262 g/mol. The van der Waals surface area contributed by atoms with Gasteiger partial charge in [0.25, 0.3) is 0 Å². The molecule has 2 aliphatic heterocycles. The van der Waals surface area contributed by atoms with E-state index in [4.69, 9.17) is 4.74 Å². The van der Waals surface area contributed by atoms with E-state index >= 15 is 0 Å². The molecule has 3 rings (SSSR count). The second kappa shape index (κ2) is 5.06. The Morgan fingerprint density at radius 3 is 2.89 bits per heavy atom. The number of hydrogen-bond acceptors (Lipinski definition) is 5. The molecule has 1 atom stereocenters. The van der Waals surface area contributed by atoms with Crippen molar-refractivity contribution in [3.63, 3.8) is 0 Å². The van der Waals surface area contributed by atoms with Crippen LogP contribution in [-0.2, 0) is 11.3 Å². The topological polar surface area (TPSA) is 41.5 Å². The molecule has 2 fully saturated rings. The molecule has 1 unspecified atom stereocenters. The van der Waals surface area contributed by atoms with E-state index in [1.807, 2.05) is 12.3 Å². The molecule has 1 aromatic heterocycles. The predicted octanol–water partition coefficient (Wildman–Crippen LogP) is 1.16. The van der Waals surface area contributed by atoms with Crippen molar-refractivity contribution in [2.45, 2.75) is 19.4 Å². The molecular weight excluding hydrogens is 240 g/mol. The van der Waals surface area contributed by atoms with Gasteiger partial charge in [-0.25, -0.2) is 9.97 Å². The summed E-state index contributed by atoms with van der Waals surface area (Å²) >= 11 is 0. The van der Waals surface area contributed by atoms with Gasteiger partial charge in [0.05, 0.1) is 12.3 Å². The summed E-state index contributed by atoms with van der Waals surface area (Å²) in [6, 6.07) is 1.92. The van der Waals surface area contributed by atoms with Gasteiger partial charge in [-0.1, -0.05) is 0 Å². The average Bonchev–Trinajstić information content (AvgIpc) is 2.98. The highest BCUT2D eigenvalue weighted by atomic mass is 16.5. The number of ether oxygens (including phenoxy) is 1. The number of rotatable bonds is 3. The van der Waals surface area contributed by atoms with Gasteiger partial charge < -0.3 is 14.5 Å². The number of likely N-dealkylation sites (tertiary alicyclic amines) is 1. The fourth-order valence-corrected chi connectivity index (χ4v) is 3.36. The van der Waals surface area contributed by atoms with E-state index < -0.39 is 0 Å². The zero-order valence-electron chi connectivity index (χ0n) is 11.8. The zero-order valence-corrected chi connectivity index (χ0v) is 11.8. The highest BCUT2D eigenvalue weighted by Crippen LogP contribution is 2.39. The number of anilines is 1. The van der Waals surface area contributed by atoms with E-state index in [1.54, 1.807) is 7.11 Å². The van der Waals surface area contributed by atoms with Gasteiger partial charge in [-0.15, -0.1) is 0 Å². The first-order valence-corrected chi connectivity index (χ1v) is 6.95. The SMILES string of the molecule is COCc1ccnc(N2CCC3(CCN(C)C3)C2)n1. The van der Waals surface area contributed by atoms with Gasteiger partial charge in [0, 0.05) is 38.4 Å². The molecule has 2 saturated heterocycles. The van der Waals surface area contributed by atoms with E-state index in [0.29, 0.717) is 12.0 Å². The van der Waals surface area contributed by atoms with Crippen molar-refractivity contribution in [3.05, 3.63) is 18.0 Å². The summed E-state index contributed by atoms with van der Waals surface area (Å²) in [5, 5.41) is 0. The normalized spacial score (nSPS) is 27.6. The molecule has 2 aliphatic rings. The molecule has 3 heterocycles. The summed E-state index contributed by atoms with van der Waals surface area (Å²) in [4.78, 5) is 13.8. The van der Waals surface area contributed by atoms with Crippen LogP contribution in [0.3, 0.4) is 0 Å². The molecule has 0 amide bonds. The van der Waals surface area contributed by atoms with Crippen LogP contribution in [0.4, 0.5) is 5.95 Å². The number of hydrogen-bond donors (Lipinski definition) is 0. The Balaban J connectivity index is 1.72. The van der Waals surface area contributed by atoms with Crippen LogP contribution in [0.25, 0.3) is 0 Å². The lowest BCUT2D eigenvalue weighted by atomic mass is 9.86. The summed E-state index contributed by atoms with van der Waals surface area (Å²) in [6.45, 7) is 5.15. The molecule has 19 heavy (non-hydrogen) atoms. The maximum Gasteiger partial charge on any atom is 0.225 e. The van der Waals surface area contributed by atoms with Crippen molar-refractivity contribution in [3.8, 4) is 0 Å². The third-order valence-corrected chi connectivity index (χ3v) is 4.34. The summed E-state index contributed by atoms with van der Waals surface area (Å²) in [7, 11) is 3.91. The molecule has 0 saturated carbocycles. The summed E-state index contributed by atoms with van der Waals surface area (Å²) in [5.74, 6) is 0.862. The highest BCUT2D eigenvalue weighted by molar-refractivity contribution is 5.33. The summed E-state index contributed by atoms with van der Waals surface area (Å²) in [6.07, 6.45) is 4.40. The molecule has 5 nitrogen and oxygen atoms in total. The lowest BCUT2D eigenvalue weighted by molar-refractivity contribution is 0.181. The van der Waals surface area contributed by atoms with Crippen LogP contribution >= 0.6 is 0 Å². The molecule has 5 heteroatoms. The van der Waals surface area contributed by atoms with Gasteiger partial charge in [0.15, 0.2) is 0 Å². The minimum absolute atomic E-state index is 0.468. The lowest BCUT2D eigenvalue weighted by Crippen LogP contribution is -2.30. The van der Waals surface area contributed by atoms with Gasteiger partial charge in [-0.3, -0.25) is 0 Å². The summed E-state index contributed by atoms with van der Waals surface area (Å²) in [5.41, 5.74) is 1.42. The Labute approximate surface area is 114 Å². The highest BCUT2D eigenvalue weighted by Gasteiger charge is 2.43. The van der Waals surface area contributed by atoms with E-state index in [2.05, 4.69) is 26.8 Å². The van der Waals surface area contributed by atoms with Crippen LogP contribution < -0.4 is 4.90 Å². The Bertz CT molecular complexity index is 453. The van der Waals surface area contributed by atoms with Gasteiger partial charge in [-0.05, 0) is 32.5 Å². The first kappa shape index (κ1) is 12.8. The number of aromatic nitrogens is 2. The van der Waals surface area contributed by atoms with Gasteiger partial charge in [-0.2, -0.15) is 0 Å². The van der Waals surface area contributed by atoms with Crippen molar-refractivity contribution in [2.75, 3.05) is 45.2 Å². The first-order valence-electron chi connectivity index (χ1n) is 6.95. The molecule has 0 aliphatic carbocycles. The van der Waals surface area contributed by atoms with Gasteiger partial charge in [0.2, 0.25) is 5.95 Å². The summed E-state index contributed by atoms with van der Waals surface area (Å²) < 4.78 is 5.14. The lowest BCUT2D eigenvalue weighted by Gasteiger charge is -2.23. The molecule has 0 radical (unpaired) electrons. The second-order valence-corrected chi connectivity index (χ2v) is 5.94. The predicted molar refractivity (Wildman–Crippen MR) is 74.1 cm³/mol. The molecule has 0 bridgehead atoms. The van der Waals surface area contributed by atoms with E-state index in [9.17, 15) is 0 Å². The number of nitrogens with zero attached hydrogens (tertiary/aromatic N) is 4. The third kappa shape index (κ3) is 2.58. The average molecular weight is 262 g/mol. The second-order valence-electron chi connectivity index (χ2n) is 5.94. The fraction of sp³-hybridized carbons (Fsp3) is 0.714. The van der Waals surface area contributed by atoms with Crippen LogP contribution in [0.15, 0.2) is 12.3 Å². The Morgan fingerprint density at radius 1 is 1.32 bits per heavy atom. The third-order valence-electron chi connectivity index (χ3n) is 4.34. The van der Waals surface area contributed by atoms with Crippen LogP contribution in [-0.4, -0.2) is 55.2 Å². The van der Waals surface area contributed by atoms with Gasteiger partial charge in [0.1, 0.15) is 0 Å². The Kier molecular flexibility index (Phi) is 3.41.